The molecule has 1 saturated heterocycles. The van der Waals surface area contributed by atoms with Gasteiger partial charge in [-0.1, -0.05) is 12.1 Å². The second-order valence-corrected chi connectivity index (χ2v) is 8.52. The number of hydrogen-bond acceptors (Lipinski definition) is 5. The third kappa shape index (κ3) is 6.08. The molecule has 1 aliphatic rings. The molecular formula is C26H29FN4O3. The smallest absolute Gasteiger partial charge is 0.271 e. The molecule has 1 N–H and O–H groups in total. The van der Waals surface area contributed by atoms with E-state index in [4.69, 9.17) is 4.74 Å². The molecule has 0 radical (unpaired) electrons. The summed E-state index contributed by atoms with van der Waals surface area (Å²) in [7, 11) is 0. The molecule has 2 heterocycles. The zero-order chi connectivity index (χ0) is 23.9. The third-order valence-corrected chi connectivity index (χ3v) is 6.04. The molecule has 0 aliphatic carbocycles. The maximum Gasteiger partial charge on any atom is 0.271 e. The van der Waals surface area contributed by atoms with Crippen LogP contribution in [0.1, 0.15) is 42.1 Å². The summed E-state index contributed by atoms with van der Waals surface area (Å²) < 4.78 is 20.2. The molecule has 4 rings (SSSR count). The average Bonchev–Trinajstić information content (AvgIpc) is 3.39. The van der Waals surface area contributed by atoms with E-state index in [0.29, 0.717) is 29.4 Å². The van der Waals surface area contributed by atoms with Gasteiger partial charge in [-0.3, -0.25) is 9.59 Å². The lowest BCUT2D eigenvalue weighted by atomic mass is 10.1. The molecule has 178 valence electrons. The lowest BCUT2D eigenvalue weighted by Gasteiger charge is -2.23. The Balaban J connectivity index is 1.35. The lowest BCUT2D eigenvalue weighted by Crippen LogP contribution is -2.34. The van der Waals surface area contributed by atoms with E-state index in [-0.39, 0.29) is 29.8 Å². The maximum atomic E-state index is 13.3. The van der Waals surface area contributed by atoms with Gasteiger partial charge in [0.1, 0.15) is 12.4 Å². The summed E-state index contributed by atoms with van der Waals surface area (Å²) in [5.41, 5.74) is 1.36. The first-order valence-corrected chi connectivity index (χ1v) is 11.6. The number of nitrogens with one attached hydrogen (secondary N) is 1. The lowest BCUT2D eigenvalue weighted by molar-refractivity contribution is 0.0949. The van der Waals surface area contributed by atoms with E-state index < -0.39 is 0 Å². The summed E-state index contributed by atoms with van der Waals surface area (Å²) in [6.07, 6.45) is 3.41. The van der Waals surface area contributed by atoms with Crippen LogP contribution in [0.2, 0.25) is 0 Å². The number of amides is 1. The minimum atomic E-state index is -0.343. The minimum Gasteiger partial charge on any atom is -0.472 e. The van der Waals surface area contributed by atoms with E-state index in [0.717, 1.165) is 19.5 Å². The van der Waals surface area contributed by atoms with Gasteiger partial charge in [0.2, 0.25) is 5.88 Å². The highest BCUT2D eigenvalue weighted by atomic mass is 19.1. The molecule has 0 saturated carbocycles. The van der Waals surface area contributed by atoms with E-state index in [1.807, 2.05) is 0 Å². The molecule has 8 heteroatoms. The molecule has 1 amide bonds. The SMILES string of the molecule is CC(CCNC(=O)c1ccc(-n2nc(OCc3cccc(F)c3)ccc2=O)cc1)N1CCCC1. The highest BCUT2D eigenvalue weighted by molar-refractivity contribution is 5.94. The Morgan fingerprint density at radius 2 is 1.88 bits per heavy atom. The van der Waals surface area contributed by atoms with Crippen molar-refractivity contribution in [2.24, 2.45) is 0 Å². The molecule has 7 nitrogen and oxygen atoms in total. The molecule has 1 unspecified atom stereocenters. The van der Waals surface area contributed by atoms with Crippen LogP contribution in [0, 0.1) is 5.82 Å². The first kappa shape index (κ1) is 23.6. The van der Waals surface area contributed by atoms with Gasteiger partial charge in [0.15, 0.2) is 0 Å². The van der Waals surface area contributed by atoms with Gasteiger partial charge in [-0.2, -0.15) is 4.68 Å². The van der Waals surface area contributed by atoms with Gasteiger partial charge in [-0.05, 0) is 81.2 Å². The summed E-state index contributed by atoms with van der Waals surface area (Å²) in [4.78, 5) is 27.3. The van der Waals surface area contributed by atoms with Crippen molar-refractivity contribution in [3.05, 3.63) is 88.0 Å². The number of aromatic nitrogens is 2. The summed E-state index contributed by atoms with van der Waals surface area (Å²) in [5, 5.41) is 7.22. The topological polar surface area (TPSA) is 76.5 Å². The second-order valence-electron chi connectivity index (χ2n) is 8.52. The number of ether oxygens (including phenoxy) is 1. The fraction of sp³-hybridized carbons (Fsp3) is 0.346. The molecule has 1 fully saturated rings. The molecule has 34 heavy (non-hydrogen) atoms. The van der Waals surface area contributed by atoms with Crippen molar-refractivity contribution in [1.29, 1.82) is 0 Å². The molecular weight excluding hydrogens is 435 g/mol. The van der Waals surface area contributed by atoms with Crippen molar-refractivity contribution in [1.82, 2.24) is 20.0 Å². The van der Waals surface area contributed by atoms with Crippen LogP contribution < -0.4 is 15.6 Å². The van der Waals surface area contributed by atoms with Gasteiger partial charge < -0.3 is 15.0 Å². The number of hydrogen-bond donors (Lipinski definition) is 1. The monoisotopic (exact) mass is 464 g/mol. The molecule has 0 spiro atoms. The minimum absolute atomic E-state index is 0.123. The van der Waals surface area contributed by atoms with Crippen LogP contribution in [0.4, 0.5) is 4.39 Å². The van der Waals surface area contributed by atoms with Crippen molar-refractivity contribution >= 4 is 5.91 Å². The number of halogens is 1. The van der Waals surface area contributed by atoms with Gasteiger partial charge >= 0.3 is 0 Å². The largest absolute Gasteiger partial charge is 0.472 e. The van der Waals surface area contributed by atoms with E-state index in [1.165, 1.54) is 41.8 Å². The molecule has 1 atom stereocenters. The Kier molecular flexibility index (Phi) is 7.69. The second kappa shape index (κ2) is 11.1. The first-order valence-electron chi connectivity index (χ1n) is 11.6. The maximum absolute atomic E-state index is 13.3. The predicted molar refractivity (Wildman–Crippen MR) is 128 cm³/mol. The van der Waals surface area contributed by atoms with Crippen molar-refractivity contribution in [2.45, 2.75) is 38.8 Å². The zero-order valence-electron chi connectivity index (χ0n) is 19.2. The van der Waals surface area contributed by atoms with Crippen LogP contribution in [0.15, 0.2) is 65.5 Å². The molecule has 1 aliphatic heterocycles. The fourth-order valence-electron chi connectivity index (χ4n) is 4.06. The summed E-state index contributed by atoms with van der Waals surface area (Å²) >= 11 is 0. The normalized spacial score (nSPS) is 14.6. The van der Waals surface area contributed by atoms with Gasteiger partial charge in [-0.15, -0.1) is 5.10 Å². The van der Waals surface area contributed by atoms with E-state index >= 15 is 0 Å². The van der Waals surface area contributed by atoms with Crippen LogP contribution in [-0.2, 0) is 6.61 Å². The van der Waals surface area contributed by atoms with E-state index in [2.05, 4.69) is 22.2 Å². The highest BCUT2D eigenvalue weighted by Crippen LogP contribution is 2.14. The molecule has 2 aromatic carbocycles. The number of carbonyl (C=O) groups excluding carboxylic acids is 1. The third-order valence-electron chi connectivity index (χ3n) is 6.04. The quantitative estimate of drug-likeness (QED) is 0.524. The van der Waals surface area contributed by atoms with Gasteiger partial charge in [0, 0.05) is 30.3 Å². The first-order chi connectivity index (χ1) is 16.5. The van der Waals surface area contributed by atoms with Crippen molar-refractivity contribution < 1.29 is 13.9 Å². The van der Waals surface area contributed by atoms with E-state index in [1.54, 1.807) is 36.4 Å². The Morgan fingerprint density at radius 1 is 1.12 bits per heavy atom. The van der Waals surface area contributed by atoms with Crippen LogP contribution in [-0.4, -0.2) is 46.3 Å². The van der Waals surface area contributed by atoms with E-state index in [9.17, 15) is 14.0 Å². The number of benzene rings is 2. The summed E-state index contributed by atoms with van der Waals surface area (Å²) in [6.45, 7) is 5.22. The summed E-state index contributed by atoms with van der Waals surface area (Å²) in [6, 6.07) is 16.1. The number of nitrogens with zero attached hydrogens (tertiary/aromatic N) is 3. The van der Waals surface area contributed by atoms with Crippen molar-refractivity contribution in [3.63, 3.8) is 0 Å². The van der Waals surface area contributed by atoms with Gasteiger partial charge in [0.05, 0.1) is 5.69 Å². The van der Waals surface area contributed by atoms with Crippen molar-refractivity contribution in [3.8, 4) is 11.6 Å². The van der Waals surface area contributed by atoms with Gasteiger partial charge in [0.25, 0.3) is 11.5 Å². The molecule has 1 aromatic heterocycles. The summed E-state index contributed by atoms with van der Waals surface area (Å²) in [5.74, 6) is -0.255. The predicted octanol–water partition coefficient (Wildman–Crippen LogP) is 3.55. The Labute approximate surface area is 198 Å². The number of rotatable bonds is 9. The number of likely N-dealkylation sites (tertiary alicyclic amines) is 1. The Hall–Kier alpha value is -3.52. The number of carbonyl (C=O) groups is 1. The average molecular weight is 465 g/mol. The molecule has 0 bridgehead atoms. The highest BCUT2D eigenvalue weighted by Gasteiger charge is 2.18. The van der Waals surface area contributed by atoms with Crippen molar-refractivity contribution in [2.75, 3.05) is 19.6 Å². The standard InChI is InChI=1S/C26H29FN4O3/c1-19(30-15-2-3-16-30)13-14-28-26(33)21-7-9-23(10-8-21)31-25(32)12-11-24(29-31)34-18-20-5-4-6-22(27)17-20/h4-12,17,19H,2-3,13-16,18H2,1H3,(H,28,33). The van der Waals surface area contributed by atoms with Gasteiger partial charge in [-0.25, -0.2) is 4.39 Å². The zero-order valence-corrected chi connectivity index (χ0v) is 19.2. The van der Waals surface area contributed by atoms with Crippen LogP contribution in [0.3, 0.4) is 0 Å². The van der Waals surface area contributed by atoms with Crippen LogP contribution in [0.5, 0.6) is 5.88 Å². The fourth-order valence-corrected chi connectivity index (χ4v) is 4.06. The Morgan fingerprint density at radius 3 is 2.62 bits per heavy atom. The Bertz CT molecular complexity index is 1170. The van der Waals surface area contributed by atoms with Crippen LogP contribution in [0.25, 0.3) is 5.69 Å². The van der Waals surface area contributed by atoms with Crippen LogP contribution >= 0.6 is 0 Å². The molecule has 3 aromatic rings.